The number of aromatic nitrogens is 3. The smallest absolute Gasteiger partial charge is 0.253 e. The molecule has 0 aliphatic carbocycles. The number of hydrogen-bond acceptors (Lipinski definition) is 3. The predicted octanol–water partition coefficient (Wildman–Crippen LogP) is 2.96. The van der Waals surface area contributed by atoms with Gasteiger partial charge in [0, 0.05) is 25.8 Å². The zero-order chi connectivity index (χ0) is 19.6. The first-order chi connectivity index (χ1) is 12.9. The monoisotopic (exact) mass is 409 g/mol. The molecule has 2 aromatic heterocycles. The van der Waals surface area contributed by atoms with E-state index in [1.54, 1.807) is 34.6 Å². The number of carbonyl (C=O) groups excluding carboxylic acids is 1. The van der Waals surface area contributed by atoms with Gasteiger partial charge in [-0.15, -0.1) is 0 Å². The second kappa shape index (κ2) is 8.12. The molecule has 9 heteroatoms. The molecule has 0 saturated carbocycles. The minimum absolute atomic E-state index is 0.213. The van der Waals surface area contributed by atoms with Crippen molar-refractivity contribution >= 4 is 29.1 Å². The fraction of sp³-hybridized carbons (Fsp3) is 0.222. The summed E-state index contributed by atoms with van der Waals surface area (Å²) in [4.78, 5) is 12.6. The van der Waals surface area contributed by atoms with Crippen LogP contribution < -0.4 is 11.1 Å². The zero-order valence-electron chi connectivity index (χ0n) is 14.5. The first kappa shape index (κ1) is 19.4. The van der Waals surface area contributed by atoms with Crippen LogP contribution in [0.5, 0.6) is 0 Å². The van der Waals surface area contributed by atoms with Crippen molar-refractivity contribution in [3.8, 4) is 5.82 Å². The predicted molar refractivity (Wildman–Crippen MR) is 103 cm³/mol. The molecule has 1 aromatic carbocycles. The normalized spacial score (nSPS) is 12.2. The summed E-state index contributed by atoms with van der Waals surface area (Å²) in [5.41, 5.74) is 6.88. The molecule has 0 fully saturated rings. The van der Waals surface area contributed by atoms with Gasteiger partial charge in [-0.3, -0.25) is 14.0 Å². The van der Waals surface area contributed by atoms with Gasteiger partial charge < -0.3 is 11.1 Å². The van der Waals surface area contributed by atoms with E-state index in [0.717, 1.165) is 5.56 Å². The van der Waals surface area contributed by atoms with Crippen molar-refractivity contribution in [1.29, 1.82) is 0 Å². The molecule has 1 amide bonds. The maximum absolute atomic E-state index is 13.3. The molecule has 0 saturated heterocycles. The van der Waals surface area contributed by atoms with E-state index in [1.807, 2.05) is 0 Å². The number of carbonyl (C=O) groups is 1. The summed E-state index contributed by atoms with van der Waals surface area (Å²) in [6.45, 7) is 0.213. The molecule has 0 aliphatic heterocycles. The third-order valence-corrected chi connectivity index (χ3v) is 4.68. The molecule has 3 aromatic rings. The summed E-state index contributed by atoms with van der Waals surface area (Å²) >= 11 is 12.4. The van der Waals surface area contributed by atoms with Gasteiger partial charge in [0.2, 0.25) is 0 Å². The first-order valence-electron chi connectivity index (χ1n) is 8.20. The molecule has 0 spiro atoms. The number of rotatable bonds is 6. The van der Waals surface area contributed by atoms with Crippen LogP contribution in [0.25, 0.3) is 5.82 Å². The summed E-state index contributed by atoms with van der Waals surface area (Å²) in [5, 5.41) is 7.64. The SMILES string of the molecule is Cn1ncc(Cl)c1-n1cc(C(=O)N[C@H](CN)Cc2cccc(F)c2)cc1Cl. The fourth-order valence-electron chi connectivity index (χ4n) is 2.81. The van der Waals surface area contributed by atoms with Crippen LogP contribution in [-0.2, 0) is 13.5 Å². The number of nitrogens with one attached hydrogen (secondary N) is 1. The summed E-state index contributed by atoms with van der Waals surface area (Å²) in [7, 11) is 1.72. The molecular formula is C18H18Cl2FN5O. The number of aryl methyl sites for hydroxylation is 1. The molecule has 0 radical (unpaired) electrons. The summed E-state index contributed by atoms with van der Waals surface area (Å²) < 4.78 is 16.5. The van der Waals surface area contributed by atoms with Crippen LogP contribution in [0.15, 0.2) is 42.7 Å². The first-order valence-corrected chi connectivity index (χ1v) is 8.95. The lowest BCUT2D eigenvalue weighted by Gasteiger charge is -2.16. The van der Waals surface area contributed by atoms with Crippen LogP contribution in [0.3, 0.4) is 0 Å². The van der Waals surface area contributed by atoms with Crippen molar-refractivity contribution in [3.63, 3.8) is 0 Å². The van der Waals surface area contributed by atoms with Gasteiger partial charge in [-0.1, -0.05) is 35.3 Å². The van der Waals surface area contributed by atoms with Crippen molar-refractivity contribution in [1.82, 2.24) is 19.7 Å². The number of hydrogen-bond donors (Lipinski definition) is 2. The van der Waals surface area contributed by atoms with E-state index >= 15 is 0 Å². The van der Waals surface area contributed by atoms with E-state index in [0.29, 0.717) is 28.0 Å². The summed E-state index contributed by atoms with van der Waals surface area (Å²) in [6, 6.07) is 7.39. The second-order valence-electron chi connectivity index (χ2n) is 6.10. The van der Waals surface area contributed by atoms with Gasteiger partial charge in [-0.2, -0.15) is 5.10 Å². The van der Waals surface area contributed by atoms with Crippen molar-refractivity contribution in [2.75, 3.05) is 6.54 Å². The van der Waals surface area contributed by atoms with Gasteiger partial charge in [0.15, 0.2) is 5.82 Å². The standard InChI is InChI=1S/C18H18Cl2FN5O/c1-25-18(15(19)9-23-25)26-10-12(7-16(26)20)17(27)24-14(8-22)6-11-3-2-4-13(21)5-11/h2-5,7,9-10,14H,6,8,22H2,1H3,(H,24,27)/t14-/m0/s1. The highest BCUT2D eigenvalue weighted by Gasteiger charge is 2.19. The van der Waals surface area contributed by atoms with Gasteiger partial charge in [0.05, 0.1) is 11.8 Å². The maximum Gasteiger partial charge on any atom is 0.253 e. The van der Waals surface area contributed by atoms with E-state index in [4.69, 9.17) is 28.9 Å². The molecule has 0 bridgehead atoms. The lowest BCUT2D eigenvalue weighted by molar-refractivity contribution is 0.0938. The lowest BCUT2D eigenvalue weighted by Crippen LogP contribution is -2.41. The Morgan fingerprint density at radius 1 is 1.37 bits per heavy atom. The third-order valence-electron chi connectivity index (χ3n) is 4.12. The van der Waals surface area contributed by atoms with Gasteiger partial charge in [-0.05, 0) is 30.2 Å². The van der Waals surface area contributed by atoms with E-state index in [9.17, 15) is 9.18 Å². The average molecular weight is 410 g/mol. The molecule has 27 heavy (non-hydrogen) atoms. The van der Waals surface area contributed by atoms with Crippen LogP contribution in [0.2, 0.25) is 10.2 Å². The maximum atomic E-state index is 13.3. The average Bonchev–Trinajstić information content (AvgIpc) is 3.16. The van der Waals surface area contributed by atoms with E-state index in [1.165, 1.54) is 24.4 Å². The lowest BCUT2D eigenvalue weighted by atomic mass is 10.1. The number of halogens is 3. The Bertz CT molecular complexity index is 949. The molecule has 1 atom stereocenters. The zero-order valence-corrected chi connectivity index (χ0v) is 16.0. The Balaban J connectivity index is 1.76. The van der Waals surface area contributed by atoms with Crippen molar-refractivity contribution in [2.24, 2.45) is 12.8 Å². The summed E-state index contributed by atoms with van der Waals surface area (Å²) in [6.07, 6.45) is 3.49. The largest absolute Gasteiger partial charge is 0.348 e. The molecule has 3 rings (SSSR count). The van der Waals surface area contributed by atoms with E-state index in [-0.39, 0.29) is 24.3 Å². The quantitative estimate of drug-likeness (QED) is 0.656. The molecule has 6 nitrogen and oxygen atoms in total. The van der Waals surface area contributed by atoms with Crippen LogP contribution in [0.1, 0.15) is 15.9 Å². The molecule has 2 heterocycles. The topological polar surface area (TPSA) is 77.9 Å². The van der Waals surface area contributed by atoms with Crippen LogP contribution in [-0.4, -0.2) is 32.8 Å². The van der Waals surface area contributed by atoms with Crippen molar-refractivity contribution in [3.05, 3.63) is 69.8 Å². The van der Waals surface area contributed by atoms with Crippen LogP contribution in [0.4, 0.5) is 4.39 Å². The minimum atomic E-state index is -0.346. The highest BCUT2D eigenvalue weighted by atomic mass is 35.5. The minimum Gasteiger partial charge on any atom is -0.348 e. The fourth-order valence-corrected chi connectivity index (χ4v) is 3.31. The Kier molecular flexibility index (Phi) is 5.84. The molecule has 3 N–H and O–H groups in total. The Morgan fingerprint density at radius 3 is 2.78 bits per heavy atom. The van der Waals surface area contributed by atoms with Gasteiger partial charge in [0.1, 0.15) is 16.0 Å². The number of nitrogens with zero attached hydrogens (tertiary/aromatic N) is 3. The van der Waals surface area contributed by atoms with E-state index < -0.39 is 0 Å². The number of benzene rings is 1. The van der Waals surface area contributed by atoms with Crippen molar-refractivity contribution in [2.45, 2.75) is 12.5 Å². The third kappa shape index (κ3) is 4.32. The summed E-state index contributed by atoms with van der Waals surface area (Å²) in [5.74, 6) is -0.108. The highest BCUT2D eigenvalue weighted by Crippen LogP contribution is 2.25. The second-order valence-corrected chi connectivity index (χ2v) is 6.90. The Labute approximate surface area is 165 Å². The van der Waals surface area contributed by atoms with Gasteiger partial charge in [-0.25, -0.2) is 4.39 Å². The molecule has 0 aliphatic rings. The van der Waals surface area contributed by atoms with Crippen LogP contribution >= 0.6 is 23.2 Å². The molecular weight excluding hydrogens is 392 g/mol. The van der Waals surface area contributed by atoms with Gasteiger partial charge >= 0.3 is 0 Å². The molecule has 0 unspecified atom stereocenters. The van der Waals surface area contributed by atoms with Crippen LogP contribution in [0, 0.1) is 5.82 Å². The Hall–Kier alpha value is -2.35. The highest BCUT2D eigenvalue weighted by molar-refractivity contribution is 6.33. The Morgan fingerprint density at radius 2 is 2.15 bits per heavy atom. The molecule has 142 valence electrons. The van der Waals surface area contributed by atoms with Gasteiger partial charge in [0.25, 0.3) is 5.91 Å². The van der Waals surface area contributed by atoms with E-state index in [2.05, 4.69) is 10.4 Å². The number of amides is 1. The number of nitrogens with two attached hydrogens (primary N) is 1. The van der Waals surface area contributed by atoms with Crippen molar-refractivity contribution < 1.29 is 9.18 Å².